The summed E-state index contributed by atoms with van der Waals surface area (Å²) in [6.45, 7) is 12.4. The molecule has 2 aliphatic carbocycles. The van der Waals surface area contributed by atoms with Gasteiger partial charge in [0.2, 0.25) is 17.6 Å². The number of hydrogen-bond donors (Lipinski definition) is 3. The molecule has 12 heteroatoms. The van der Waals surface area contributed by atoms with Crippen molar-refractivity contribution < 1.29 is 28.7 Å². The molecule has 4 N–H and O–H groups in total. The van der Waals surface area contributed by atoms with Crippen LogP contribution in [0.4, 0.5) is 5.13 Å². The molecule has 11 nitrogen and oxygen atoms in total. The van der Waals surface area contributed by atoms with Gasteiger partial charge >= 0.3 is 5.97 Å². The van der Waals surface area contributed by atoms with Gasteiger partial charge in [-0.15, -0.1) is 11.3 Å². The van der Waals surface area contributed by atoms with E-state index < -0.39 is 47.1 Å². The summed E-state index contributed by atoms with van der Waals surface area (Å²) in [4.78, 5) is 70.6. The molecule has 226 valence electrons. The van der Waals surface area contributed by atoms with Crippen LogP contribution in [-0.2, 0) is 23.9 Å². The van der Waals surface area contributed by atoms with E-state index in [4.69, 9.17) is 10.5 Å². The number of likely N-dealkylation sites (tertiary alicyclic amines) is 1. The number of thiazole rings is 1. The largest absolute Gasteiger partial charge is 0.461 e. The molecule has 2 unspecified atom stereocenters. The van der Waals surface area contributed by atoms with Crippen LogP contribution in [0.3, 0.4) is 0 Å². The monoisotopic (exact) mass is 589 g/mol. The van der Waals surface area contributed by atoms with Gasteiger partial charge in [0.1, 0.15) is 12.1 Å². The van der Waals surface area contributed by atoms with Crippen molar-refractivity contribution in [2.45, 2.75) is 98.2 Å². The van der Waals surface area contributed by atoms with Crippen LogP contribution in [0.5, 0.6) is 0 Å². The second-order valence-corrected chi connectivity index (χ2v) is 14.4. The number of ether oxygens (including phenoxy) is 1. The number of carbonyl (C=O) groups excluding carboxylic acids is 5. The van der Waals surface area contributed by atoms with Crippen LogP contribution in [0.2, 0.25) is 0 Å². The fourth-order valence-electron chi connectivity index (χ4n) is 6.18. The number of amides is 3. The van der Waals surface area contributed by atoms with E-state index in [2.05, 4.69) is 29.5 Å². The van der Waals surface area contributed by atoms with Gasteiger partial charge in [0.25, 0.3) is 5.91 Å². The number of Topliss-reactive ketones (excluding diaryl/α,β-unsaturated/α-hetero) is 1. The Bertz CT molecular complexity index is 1220. The molecule has 3 amide bonds. The molecule has 1 aromatic heterocycles. The van der Waals surface area contributed by atoms with Gasteiger partial charge < -0.3 is 26.0 Å². The minimum atomic E-state index is -1.07. The van der Waals surface area contributed by atoms with Crippen molar-refractivity contribution in [2.24, 2.45) is 27.9 Å². The van der Waals surface area contributed by atoms with E-state index in [0.29, 0.717) is 24.5 Å². The summed E-state index contributed by atoms with van der Waals surface area (Å²) >= 11 is 1.20. The Morgan fingerprint density at radius 3 is 2.39 bits per heavy atom. The predicted molar refractivity (Wildman–Crippen MR) is 154 cm³/mol. The van der Waals surface area contributed by atoms with Crippen molar-refractivity contribution in [1.82, 2.24) is 15.2 Å². The zero-order valence-corrected chi connectivity index (χ0v) is 25.7. The normalized spacial score (nSPS) is 24.7. The molecule has 0 aromatic carbocycles. The molecular formula is C29H43N5O6S. The number of primary amides is 1. The van der Waals surface area contributed by atoms with Gasteiger partial charge in [-0.3, -0.25) is 19.2 Å². The molecule has 3 fully saturated rings. The number of rotatable bonds is 11. The lowest BCUT2D eigenvalue weighted by Gasteiger charge is -2.36. The minimum Gasteiger partial charge on any atom is -0.461 e. The van der Waals surface area contributed by atoms with Crippen LogP contribution in [0.25, 0.3) is 0 Å². The first kappa shape index (κ1) is 30.9. The molecule has 0 radical (unpaired) electrons. The quantitative estimate of drug-likeness (QED) is 0.262. The number of nitrogens with two attached hydrogens (primary N) is 1. The van der Waals surface area contributed by atoms with Gasteiger partial charge in [0.15, 0.2) is 10.8 Å². The first-order valence-electron chi connectivity index (χ1n) is 14.4. The lowest BCUT2D eigenvalue weighted by molar-refractivity contribution is -0.142. The van der Waals surface area contributed by atoms with Crippen molar-refractivity contribution in [2.75, 3.05) is 18.5 Å². The number of ketones is 1. The second kappa shape index (κ2) is 11.3. The van der Waals surface area contributed by atoms with Gasteiger partial charge in [0.05, 0.1) is 12.6 Å². The lowest BCUT2D eigenvalue weighted by atomic mass is 9.80. The number of esters is 1. The summed E-state index contributed by atoms with van der Waals surface area (Å²) in [5.74, 6) is -2.86. The van der Waals surface area contributed by atoms with E-state index in [1.165, 1.54) is 11.3 Å². The Kier molecular flexibility index (Phi) is 8.55. The Balaban J connectivity index is 1.58. The van der Waals surface area contributed by atoms with E-state index in [9.17, 15) is 24.0 Å². The molecule has 1 spiro atoms. The SMILES string of the molecule is CCOC(=O)c1csc(N[C@@H](C(=O)N2CC3(C[C@H]2C(=O)NC(CC2CCC2)C(=O)C(N)=O)CC3(C)C)C(C)(C)C)n1. The van der Waals surface area contributed by atoms with E-state index in [1.807, 2.05) is 20.8 Å². The van der Waals surface area contributed by atoms with Gasteiger partial charge in [-0.1, -0.05) is 53.9 Å². The maximum atomic E-state index is 14.3. The molecule has 1 aliphatic heterocycles. The Morgan fingerprint density at radius 2 is 1.88 bits per heavy atom. The number of aromatic nitrogens is 1. The summed E-state index contributed by atoms with van der Waals surface area (Å²) in [5.41, 5.74) is 4.66. The van der Waals surface area contributed by atoms with Crippen molar-refractivity contribution >= 4 is 45.9 Å². The third-order valence-corrected chi connectivity index (χ3v) is 9.92. The molecule has 1 aromatic rings. The highest BCUT2D eigenvalue weighted by atomic mass is 32.1. The summed E-state index contributed by atoms with van der Waals surface area (Å²) in [7, 11) is 0. The Hall–Kier alpha value is -3.02. The third kappa shape index (κ3) is 6.42. The molecular weight excluding hydrogens is 546 g/mol. The van der Waals surface area contributed by atoms with Crippen molar-refractivity contribution in [1.29, 1.82) is 0 Å². The zero-order chi connectivity index (χ0) is 30.3. The molecule has 2 heterocycles. The van der Waals surface area contributed by atoms with Gasteiger partial charge in [-0.2, -0.15) is 0 Å². The van der Waals surface area contributed by atoms with Crippen LogP contribution < -0.4 is 16.4 Å². The highest BCUT2D eigenvalue weighted by Gasteiger charge is 2.67. The number of anilines is 1. The van der Waals surface area contributed by atoms with Gasteiger partial charge in [-0.05, 0) is 48.3 Å². The molecule has 4 rings (SSSR count). The number of hydrogen-bond acceptors (Lipinski definition) is 9. The fraction of sp³-hybridized carbons (Fsp3) is 0.724. The predicted octanol–water partition coefficient (Wildman–Crippen LogP) is 2.89. The van der Waals surface area contributed by atoms with Crippen molar-refractivity contribution in [3.63, 3.8) is 0 Å². The van der Waals surface area contributed by atoms with Crippen LogP contribution in [0.1, 0.15) is 90.6 Å². The van der Waals surface area contributed by atoms with Crippen molar-refractivity contribution in [3.8, 4) is 0 Å². The van der Waals surface area contributed by atoms with E-state index in [-0.39, 0.29) is 35.0 Å². The van der Waals surface area contributed by atoms with Crippen LogP contribution >= 0.6 is 11.3 Å². The molecule has 1 saturated heterocycles. The third-order valence-electron chi connectivity index (χ3n) is 9.15. The maximum Gasteiger partial charge on any atom is 0.357 e. The highest BCUT2D eigenvalue weighted by Crippen LogP contribution is 2.69. The summed E-state index contributed by atoms with van der Waals surface area (Å²) in [6.07, 6.45) is 4.65. The highest BCUT2D eigenvalue weighted by molar-refractivity contribution is 7.13. The van der Waals surface area contributed by atoms with Gasteiger partial charge in [0, 0.05) is 11.9 Å². The summed E-state index contributed by atoms with van der Waals surface area (Å²) in [5, 5.41) is 8.00. The van der Waals surface area contributed by atoms with Crippen LogP contribution in [-0.4, -0.2) is 70.6 Å². The van der Waals surface area contributed by atoms with Crippen molar-refractivity contribution in [3.05, 3.63) is 11.1 Å². The van der Waals surface area contributed by atoms with Crippen LogP contribution in [0, 0.1) is 22.2 Å². The average molecular weight is 590 g/mol. The molecule has 4 atom stereocenters. The number of carbonyl (C=O) groups is 5. The lowest BCUT2D eigenvalue weighted by Crippen LogP contribution is -2.56. The maximum absolute atomic E-state index is 14.3. The smallest absolute Gasteiger partial charge is 0.357 e. The first-order chi connectivity index (χ1) is 19.1. The molecule has 0 bridgehead atoms. The topological polar surface area (TPSA) is 161 Å². The molecule has 3 aliphatic rings. The molecule has 2 saturated carbocycles. The Labute approximate surface area is 245 Å². The summed E-state index contributed by atoms with van der Waals surface area (Å²) < 4.78 is 5.03. The number of nitrogens with zero attached hydrogens (tertiary/aromatic N) is 2. The Morgan fingerprint density at radius 1 is 1.22 bits per heavy atom. The van der Waals surface area contributed by atoms with Crippen LogP contribution in [0.15, 0.2) is 5.38 Å². The van der Waals surface area contributed by atoms with E-state index in [1.54, 1.807) is 17.2 Å². The van der Waals surface area contributed by atoms with E-state index in [0.717, 1.165) is 25.7 Å². The average Bonchev–Trinajstić information content (AvgIpc) is 3.21. The standard InChI is InChI=1S/C29H43N5O6S/c1-7-40-25(39)18-13-41-26(32-18)33-21(27(2,3)4)24(38)34-15-29(14-28(29,5)6)12-19(34)23(37)31-17(20(35)22(30)36)11-16-9-8-10-16/h13,16-17,19,21H,7-12,14-15H2,1-6H3,(H2,30,36)(H,31,37)(H,32,33)/t17?,19-,21-,29?/m0/s1. The fourth-order valence-corrected chi connectivity index (χ4v) is 6.89. The second-order valence-electron chi connectivity index (χ2n) is 13.6. The van der Waals surface area contributed by atoms with Gasteiger partial charge in [-0.25, -0.2) is 9.78 Å². The number of nitrogens with one attached hydrogen (secondary N) is 2. The summed E-state index contributed by atoms with van der Waals surface area (Å²) in [6, 6.07) is -2.56. The zero-order valence-electron chi connectivity index (χ0n) is 24.9. The minimum absolute atomic E-state index is 0.0383. The van der Waals surface area contributed by atoms with E-state index >= 15 is 0 Å². The molecule has 41 heavy (non-hydrogen) atoms. The first-order valence-corrected chi connectivity index (χ1v) is 15.3.